The topological polar surface area (TPSA) is 40.5 Å². The number of aliphatic hydroxyl groups excluding tert-OH is 2. The maximum Gasteiger partial charge on any atom is 0.0805 e. The van der Waals surface area contributed by atoms with Crippen molar-refractivity contribution in [2.45, 2.75) is 12.5 Å². The minimum absolute atomic E-state index is 0.207. The minimum atomic E-state index is -0.662. The van der Waals surface area contributed by atoms with Crippen LogP contribution in [0.3, 0.4) is 0 Å². The van der Waals surface area contributed by atoms with E-state index in [1.165, 1.54) is 5.54 Å². The second-order valence-corrected chi connectivity index (χ2v) is 1.69. The highest BCUT2D eigenvalue weighted by atomic mass is 35.5. The van der Waals surface area contributed by atoms with Gasteiger partial charge in [-0.25, -0.2) is 0 Å². The van der Waals surface area contributed by atoms with E-state index in [4.69, 9.17) is 21.8 Å². The molecule has 0 aliphatic carbocycles. The Bertz CT molecular complexity index is 72.8. The molecule has 1 atom stereocenters. The van der Waals surface area contributed by atoms with Crippen molar-refractivity contribution in [1.29, 1.82) is 0 Å². The zero-order valence-corrected chi connectivity index (χ0v) is 5.17. The van der Waals surface area contributed by atoms with Crippen molar-refractivity contribution in [3.8, 4) is 0 Å². The molecule has 2 nitrogen and oxygen atoms in total. The predicted molar refractivity (Wildman–Crippen MR) is 32.7 cm³/mol. The van der Waals surface area contributed by atoms with Crippen LogP contribution >= 0.6 is 11.6 Å². The fraction of sp³-hybridized carbons (Fsp3) is 0.600. The molecule has 3 heteroatoms. The quantitative estimate of drug-likeness (QED) is 0.593. The number of aliphatic hydroxyl groups is 2. The standard InChI is InChI=1S/C5H9ClO2/c6-3-1-2-5(8)4-7/h1,3,5,7-8H,2,4H2/b3-1+/t5-/m0/s1. The molecule has 0 fully saturated rings. The van der Waals surface area contributed by atoms with Crippen LogP contribution in [0.5, 0.6) is 0 Å². The predicted octanol–water partition coefficient (Wildman–Crippen LogP) is 0.482. The second kappa shape index (κ2) is 5.09. The van der Waals surface area contributed by atoms with Gasteiger partial charge in [0.1, 0.15) is 0 Å². The van der Waals surface area contributed by atoms with E-state index < -0.39 is 6.10 Å². The fourth-order valence-electron chi connectivity index (χ4n) is 0.283. The van der Waals surface area contributed by atoms with Gasteiger partial charge < -0.3 is 10.2 Å². The van der Waals surface area contributed by atoms with Crippen molar-refractivity contribution in [3.05, 3.63) is 11.6 Å². The molecule has 0 bridgehead atoms. The SMILES string of the molecule is OC[C@@H](O)C/C=C/Cl. The summed E-state index contributed by atoms with van der Waals surface area (Å²) in [7, 11) is 0. The third-order valence-corrected chi connectivity index (χ3v) is 0.886. The smallest absolute Gasteiger partial charge is 0.0805 e. The van der Waals surface area contributed by atoms with Gasteiger partial charge in [0.2, 0.25) is 0 Å². The Hall–Kier alpha value is -0.0500. The molecule has 0 amide bonds. The monoisotopic (exact) mass is 136 g/mol. The van der Waals surface area contributed by atoms with Crippen molar-refractivity contribution in [2.24, 2.45) is 0 Å². The van der Waals surface area contributed by atoms with E-state index in [0.29, 0.717) is 6.42 Å². The first kappa shape index (κ1) is 7.95. The minimum Gasteiger partial charge on any atom is -0.394 e. The van der Waals surface area contributed by atoms with E-state index in [-0.39, 0.29) is 6.61 Å². The lowest BCUT2D eigenvalue weighted by molar-refractivity contribution is 0.0976. The van der Waals surface area contributed by atoms with Gasteiger partial charge in [0, 0.05) is 5.54 Å². The zero-order chi connectivity index (χ0) is 6.41. The summed E-state index contributed by atoms with van der Waals surface area (Å²) < 4.78 is 0. The average Bonchev–Trinajstić information content (AvgIpc) is 1.83. The lowest BCUT2D eigenvalue weighted by Gasteiger charge is -1.99. The van der Waals surface area contributed by atoms with E-state index in [1.54, 1.807) is 6.08 Å². The summed E-state index contributed by atoms with van der Waals surface area (Å²) in [5.41, 5.74) is 1.32. The number of rotatable bonds is 3. The summed E-state index contributed by atoms with van der Waals surface area (Å²) >= 11 is 5.13. The van der Waals surface area contributed by atoms with Crippen molar-refractivity contribution >= 4 is 11.6 Å². The first-order valence-corrected chi connectivity index (χ1v) is 2.79. The second-order valence-electron chi connectivity index (χ2n) is 1.43. The Balaban J connectivity index is 3.10. The van der Waals surface area contributed by atoms with Crippen LogP contribution in [0, 0.1) is 0 Å². The van der Waals surface area contributed by atoms with Crippen LogP contribution < -0.4 is 0 Å². The molecule has 0 saturated heterocycles. The zero-order valence-electron chi connectivity index (χ0n) is 4.42. The maximum absolute atomic E-state index is 8.63. The normalized spacial score (nSPS) is 14.9. The van der Waals surface area contributed by atoms with Crippen LogP contribution in [0.4, 0.5) is 0 Å². The van der Waals surface area contributed by atoms with Crippen molar-refractivity contribution < 1.29 is 10.2 Å². The molecule has 0 aliphatic heterocycles. The molecule has 0 spiro atoms. The lowest BCUT2D eigenvalue weighted by atomic mass is 10.3. The number of hydrogen-bond acceptors (Lipinski definition) is 2. The van der Waals surface area contributed by atoms with Crippen molar-refractivity contribution in [1.82, 2.24) is 0 Å². The number of halogens is 1. The molecule has 0 heterocycles. The van der Waals surface area contributed by atoms with Crippen LogP contribution in [0.2, 0.25) is 0 Å². The fourth-order valence-corrected chi connectivity index (χ4v) is 0.386. The summed E-state index contributed by atoms with van der Waals surface area (Å²) in [5, 5.41) is 16.9. The molecule has 0 rings (SSSR count). The number of hydrogen-bond donors (Lipinski definition) is 2. The van der Waals surface area contributed by atoms with Gasteiger partial charge in [0.15, 0.2) is 0 Å². The summed E-state index contributed by atoms with van der Waals surface area (Å²) in [6.45, 7) is -0.207. The highest BCUT2D eigenvalue weighted by Crippen LogP contribution is 1.91. The molecule has 0 aromatic carbocycles. The summed E-state index contributed by atoms with van der Waals surface area (Å²) in [6, 6.07) is 0. The summed E-state index contributed by atoms with van der Waals surface area (Å²) in [4.78, 5) is 0. The van der Waals surface area contributed by atoms with Crippen LogP contribution in [0.1, 0.15) is 6.42 Å². The van der Waals surface area contributed by atoms with Crippen LogP contribution in [-0.4, -0.2) is 22.9 Å². The summed E-state index contributed by atoms with van der Waals surface area (Å²) in [5.74, 6) is 0. The molecule has 0 aromatic rings. The molecule has 0 unspecified atom stereocenters. The van der Waals surface area contributed by atoms with Gasteiger partial charge in [0.25, 0.3) is 0 Å². The first-order valence-electron chi connectivity index (χ1n) is 2.35. The van der Waals surface area contributed by atoms with Gasteiger partial charge in [-0.15, -0.1) is 0 Å². The summed E-state index contributed by atoms with van der Waals surface area (Å²) in [6.07, 6.45) is 1.34. The molecule has 0 radical (unpaired) electrons. The molecular weight excluding hydrogens is 128 g/mol. The van der Waals surface area contributed by atoms with Gasteiger partial charge in [-0.3, -0.25) is 0 Å². The first-order chi connectivity index (χ1) is 3.81. The molecule has 8 heavy (non-hydrogen) atoms. The molecule has 0 aliphatic rings. The van der Waals surface area contributed by atoms with Gasteiger partial charge in [0.05, 0.1) is 12.7 Å². The van der Waals surface area contributed by atoms with Crippen LogP contribution in [0.15, 0.2) is 11.6 Å². The van der Waals surface area contributed by atoms with E-state index in [0.717, 1.165) is 0 Å². The van der Waals surface area contributed by atoms with Gasteiger partial charge in [-0.1, -0.05) is 17.7 Å². The Morgan fingerprint density at radius 3 is 2.62 bits per heavy atom. The van der Waals surface area contributed by atoms with Gasteiger partial charge >= 0.3 is 0 Å². The van der Waals surface area contributed by atoms with Gasteiger partial charge in [-0.2, -0.15) is 0 Å². The molecule has 48 valence electrons. The Kier molecular flexibility index (Phi) is 5.06. The molecule has 0 aromatic heterocycles. The highest BCUT2D eigenvalue weighted by molar-refractivity contribution is 6.25. The van der Waals surface area contributed by atoms with Crippen molar-refractivity contribution in [2.75, 3.05) is 6.61 Å². The third kappa shape index (κ3) is 4.12. The largest absolute Gasteiger partial charge is 0.394 e. The maximum atomic E-state index is 8.63. The van der Waals surface area contributed by atoms with Crippen molar-refractivity contribution in [3.63, 3.8) is 0 Å². The van der Waals surface area contributed by atoms with E-state index in [1.807, 2.05) is 0 Å². The molecule has 0 saturated carbocycles. The highest BCUT2D eigenvalue weighted by Gasteiger charge is 1.95. The molecule has 2 N–H and O–H groups in total. The van der Waals surface area contributed by atoms with Crippen LogP contribution in [-0.2, 0) is 0 Å². The van der Waals surface area contributed by atoms with Crippen LogP contribution in [0.25, 0.3) is 0 Å². The Morgan fingerprint density at radius 1 is 1.62 bits per heavy atom. The van der Waals surface area contributed by atoms with E-state index in [2.05, 4.69) is 0 Å². The lowest BCUT2D eigenvalue weighted by Crippen LogP contribution is -2.09. The average molecular weight is 137 g/mol. The Morgan fingerprint density at radius 2 is 2.25 bits per heavy atom. The van der Waals surface area contributed by atoms with Gasteiger partial charge in [-0.05, 0) is 6.42 Å². The van der Waals surface area contributed by atoms with E-state index >= 15 is 0 Å². The third-order valence-electron chi connectivity index (χ3n) is 0.708. The molecular formula is C5H9ClO2. The Labute approximate surface area is 53.4 Å². The van der Waals surface area contributed by atoms with E-state index in [9.17, 15) is 0 Å².